The smallest absolute Gasteiger partial charge is 0.150 e. The van der Waals surface area contributed by atoms with Crippen molar-refractivity contribution in [3.63, 3.8) is 0 Å². The number of hydrogen-bond donors (Lipinski definition) is 0. The zero-order chi connectivity index (χ0) is 26.4. The third kappa shape index (κ3) is 5.70. The SMILES string of the molecule is Cc1cccc(-c2nn(C3CCCCO3)cc2C2=C\C=C\C3=C\C(C4=COC=CC=C4)=C/CC=C=C3/C=C\2)n1. The van der Waals surface area contributed by atoms with Gasteiger partial charge < -0.3 is 9.47 Å². The molecule has 0 spiro atoms. The normalized spacial score (nSPS) is 26.3. The van der Waals surface area contributed by atoms with Gasteiger partial charge in [-0.25, -0.2) is 4.68 Å². The molecule has 39 heavy (non-hydrogen) atoms. The van der Waals surface area contributed by atoms with Crippen molar-refractivity contribution in [3.8, 4) is 11.4 Å². The monoisotopic (exact) mass is 513 g/mol. The number of hydrogen-bond acceptors (Lipinski definition) is 4. The second-order valence-electron chi connectivity index (χ2n) is 9.83. The number of fused-ring (bicyclic) bond motifs is 1. The van der Waals surface area contributed by atoms with Crippen LogP contribution in [0.3, 0.4) is 0 Å². The molecule has 5 heteroatoms. The van der Waals surface area contributed by atoms with Crippen LogP contribution >= 0.6 is 0 Å². The van der Waals surface area contributed by atoms with Crippen molar-refractivity contribution < 1.29 is 9.47 Å². The largest absolute Gasteiger partial charge is 0.472 e. The van der Waals surface area contributed by atoms with Gasteiger partial charge in [0.05, 0.1) is 18.2 Å². The molecule has 0 aromatic carbocycles. The van der Waals surface area contributed by atoms with Gasteiger partial charge in [-0.15, -0.1) is 5.73 Å². The van der Waals surface area contributed by atoms with Crippen molar-refractivity contribution in [2.45, 2.75) is 38.8 Å². The second-order valence-corrected chi connectivity index (χ2v) is 9.83. The van der Waals surface area contributed by atoms with Crippen molar-refractivity contribution >= 4 is 5.57 Å². The van der Waals surface area contributed by atoms with Crippen molar-refractivity contribution in [1.82, 2.24) is 14.8 Å². The highest BCUT2D eigenvalue weighted by Gasteiger charge is 2.22. The molecular formula is C34H31N3O2. The van der Waals surface area contributed by atoms with Crippen LogP contribution in [0.4, 0.5) is 0 Å². The Bertz CT molecular complexity index is 1570. The van der Waals surface area contributed by atoms with Crippen LogP contribution in [0.2, 0.25) is 0 Å². The maximum Gasteiger partial charge on any atom is 0.150 e. The van der Waals surface area contributed by atoms with E-state index in [-0.39, 0.29) is 6.23 Å². The average Bonchev–Trinajstić information content (AvgIpc) is 3.20. The molecule has 6 rings (SSSR count). The van der Waals surface area contributed by atoms with Crippen molar-refractivity contribution in [2.24, 2.45) is 0 Å². The molecule has 1 saturated heterocycles. The van der Waals surface area contributed by atoms with Crippen LogP contribution in [0.1, 0.15) is 43.2 Å². The van der Waals surface area contributed by atoms with E-state index in [1.165, 1.54) is 0 Å². The van der Waals surface area contributed by atoms with Crippen molar-refractivity contribution in [2.75, 3.05) is 6.61 Å². The van der Waals surface area contributed by atoms with Crippen molar-refractivity contribution in [1.29, 1.82) is 0 Å². The third-order valence-electron chi connectivity index (χ3n) is 7.01. The number of aromatic nitrogens is 3. The molecular weight excluding hydrogens is 482 g/mol. The average molecular weight is 514 g/mol. The molecule has 2 aliphatic heterocycles. The van der Waals surface area contributed by atoms with Crippen LogP contribution < -0.4 is 0 Å². The first-order valence-corrected chi connectivity index (χ1v) is 13.5. The van der Waals surface area contributed by atoms with Gasteiger partial charge in [0.2, 0.25) is 0 Å². The summed E-state index contributed by atoms with van der Waals surface area (Å²) in [7, 11) is 0. The lowest BCUT2D eigenvalue weighted by Gasteiger charge is -2.22. The molecule has 0 bridgehead atoms. The Balaban J connectivity index is 1.39. The van der Waals surface area contributed by atoms with E-state index < -0.39 is 0 Å². The van der Waals surface area contributed by atoms with Gasteiger partial charge in [-0.1, -0.05) is 48.6 Å². The number of aryl methyl sites for hydroxylation is 1. The molecule has 0 radical (unpaired) electrons. The van der Waals surface area contributed by atoms with Gasteiger partial charge in [-0.3, -0.25) is 4.98 Å². The maximum atomic E-state index is 6.06. The molecule has 2 aromatic heterocycles. The minimum absolute atomic E-state index is 0.0488. The van der Waals surface area contributed by atoms with Crippen LogP contribution in [0.15, 0.2) is 132 Å². The number of allylic oxidation sites excluding steroid dienone is 15. The predicted octanol–water partition coefficient (Wildman–Crippen LogP) is 7.78. The van der Waals surface area contributed by atoms with E-state index >= 15 is 0 Å². The van der Waals surface area contributed by atoms with E-state index in [2.05, 4.69) is 66.6 Å². The van der Waals surface area contributed by atoms with Crippen LogP contribution in [0.5, 0.6) is 0 Å². The van der Waals surface area contributed by atoms with Gasteiger partial charge >= 0.3 is 0 Å². The van der Waals surface area contributed by atoms with Crippen LogP contribution in [0.25, 0.3) is 17.0 Å². The fourth-order valence-corrected chi connectivity index (χ4v) is 5.00. The quantitative estimate of drug-likeness (QED) is 0.392. The van der Waals surface area contributed by atoms with Crippen LogP contribution in [0, 0.1) is 6.92 Å². The molecule has 5 nitrogen and oxygen atoms in total. The summed E-state index contributed by atoms with van der Waals surface area (Å²) in [4.78, 5) is 4.80. The van der Waals surface area contributed by atoms with Crippen molar-refractivity contribution in [3.05, 3.63) is 143 Å². The van der Waals surface area contributed by atoms with Gasteiger partial charge in [0, 0.05) is 35.2 Å². The molecule has 1 fully saturated rings. The number of ether oxygens (including phenoxy) is 2. The van der Waals surface area contributed by atoms with Gasteiger partial charge in [-0.2, -0.15) is 5.10 Å². The summed E-state index contributed by atoms with van der Waals surface area (Å²) in [5, 5.41) is 5.01. The first-order valence-electron chi connectivity index (χ1n) is 13.5. The third-order valence-corrected chi connectivity index (χ3v) is 7.01. The number of nitrogens with zero attached hydrogens (tertiary/aromatic N) is 3. The highest BCUT2D eigenvalue weighted by atomic mass is 16.5. The fraction of sp³-hybridized carbons (Fsp3) is 0.206. The van der Waals surface area contributed by atoms with E-state index in [9.17, 15) is 0 Å². The summed E-state index contributed by atoms with van der Waals surface area (Å²) < 4.78 is 13.5. The van der Waals surface area contributed by atoms with E-state index in [4.69, 9.17) is 19.6 Å². The summed E-state index contributed by atoms with van der Waals surface area (Å²) in [6.07, 6.45) is 32.6. The highest BCUT2D eigenvalue weighted by molar-refractivity contribution is 5.84. The Kier molecular flexibility index (Phi) is 7.35. The Labute approximate surface area is 229 Å². The minimum Gasteiger partial charge on any atom is -0.472 e. The number of pyridine rings is 1. The Hall–Kier alpha value is -4.44. The summed E-state index contributed by atoms with van der Waals surface area (Å²) >= 11 is 0. The van der Waals surface area contributed by atoms with Gasteiger partial charge in [0.15, 0.2) is 0 Å². The Morgan fingerprint density at radius 3 is 2.82 bits per heavy atom. The molecule has 0 amide bonds. The molecule has 2 aromatic rings. The topological polar surface area (TPSA) is 49.2 Å². The fourth-order valence-electron chi connectivity index (χ4n) is 5.00. The van der Waals surface area contributed by atoms with E-state index in [0.29, 0.717) is 0 Å². The van der Waals surface area contributed by atoms with Crippen LogP contribution in [-0.4, -0.2) is 21.4 Å². The zero-order valence-electron chi connectivity index (χ0n) is 22.1. The van der Waals surface area contributed by atoms with E-state index in [1.807, 2.05) is 42.0 Å². The summed E-state index contributed by atoms with van der Waals surface area (Å²) in [6, 6.07) is 6.07. The number of rotatable bonds is 4. The molecule has 1 unspecified atom stereocenters. The molecule has 0 N–H and O–H groups in total. The lowest BCUT2D eigenvalue weighted by molar-refractivity contribution is -0.0393. The molecule has 2 aliphatic carbocycles. The first kappa shape index (κ1) is 24.9. The van der Waals surface area contributed by atoms with E-state index in [1.54, 1.807) is 12.5 Å². The van der Waals surface area contributed by atoms with Gasteiger partial charge in [-0.05, 0) is 85.8 Å². The summed E-state index contributed by atoms with van der Waals surface area (Å²) in [6.45, 7) is 2.78. The lowest BCUT2D eigenvalue weighted by atomic mass is 9.93. The maximum absolute atomic E-state index is 6.06. The molecule has 4 aliphatic rings. The first-order chi connectivity index (χ1) is 19.2. The minimum atomic E-state index is -0.0488. The second kappa shape index (κ2) is 11.5. The molecule has 4 heterocycles. The molecule has 0 saturated carbocycles. The standard InChI is InChI=1S/C34H31N3O2/c1-25-10-8-16-32(35-25)34-31(23-37(36-34)33-17-5-7-21-39-33)27-14-9-15-28-22-29(30-13-4-6-20-38-24-30)12-3-2-11-26(28)18-19-27/h2,4,6,8-10,12-16,18-20,22-24,33H,3,5,7,17,21H2,1H3/b15-9+,19-18-,27-14-,28-22-,29-12+. The predicted molar refractivity (Wildman–Crippen MR) is 155 cm³/mol. The zero-order valence-corrected chi connectivity index (χ0v) is 22.1. The lowest BCUT2D eigenvalue weighted by Crippen LogP contribution is -2.18. The van der Waals surface area contributed by atoms with Gasteiger partial charge in [0.25, 0.3) is 0 Å². The molecule has 1 atom stereocenters. The van der Waals surface area contributed by atoms with Crippen LogP contribution in [-0.2, 0) is 9.47 Å². The molecule has 194 valence electrons. The van der Waals surface area contributed by atoms with E-state index in [0.717, 1.165) is 82.8 Å². The van der Waals surface area contributed by atoms with Gasteiger partial charge in [0.1, 0.15) is 11.9 Å². The Morgan fingerprint density at radius 2 is 1.92 bits per heavy atom. The highest BCUT2D eigenvalue weighted by Crippen LogP contribution is 2.33. The summed E-state index contributed by atoms with van der Waals surface area (Å²) in [5.74, 6) is 0. The summed E-state index contributed by atoms with van der Waals surface area (Å²) in [5.41, 5.74) is 12.5. The Morgan fingerprint density at radius 1 is 0.974 bits per heavy atom.